The first-order valence-electron chi connectivity index (χ1n) is 9.45. The zero-order valence-electron chi connectivity index (χ0n) is 15.9. The Balaban J connectivity index is 1.78. The molecule has 0 heterocycles. The average Bonchev–Trinajstić information content (AvgIpc) is 3.19. The first-order chi connectivity index (χ1) is 13.5. The van der Waals surface area contributed by atoms with Crippen LogP contribution in [0.1, 0.15) is 42.4 Å². The van der Waals surface area contributed by atoms with Crippen LogP contribution in [0.25, 0.3) is 6.08 Å². The van der Waals surface area contributed by atoms with Crippen LogP contribution in [-0.4, -0.2) is 11.9 Å². The van der Waals surface area contributed by atoms with E-state index in [9.17, 15) is 10.1 Å². The number of amides is 1. The van der Waals surface area contributed by atoms with Crippen LogP contribution in [0, 0.1) is 18.3 Å². The minimum Gasteiger partial charge on any atom is -0.488 e. The van der Waals surface area contributed by atoms with Crippen molar-refractivity contribution in [1.82, 2.24) is 5.32 Å². The summed E-state index contributed by atoms with van der Waals surface area (Å²) in [5.41, 5.74) is 3.04. The normalized spacial score (nSPS) is 14.5. The largest absolute Gasteiger partial charge is 0.488 e. The summed E-state index contributed by atoms with van der Waals surface area (Å²) in [6, 6.07) is 15.9. The van der Waals surface area contributed by atoms with Crippen LogP contribution >= 0.6 is 15.9 Å². The smallest absolute Gasteiger partial charge is 0.262 e. The number of nitrogens with one attached hydrogen (secondary N) is 1. The van der Waals surface area contributed by atoms with Gasteiger partial charge in [0.1, 0.15) is 24.0 Å². The second kappa shape index (κ2) is 9.57. The number of carbonyl (C=O) groups excluding carboxylic acids is 1. The van der Waals surface area contributed by atoms with E-state index in [1.165, 1.54) is 5.56 Å². The summed E-state index contributed by atoms with van der Waals surface area (Å²) < 4.78 is 6.83. The topological polar surface area (TPSA) is 62.1 Å². The number of hydrogen-bond donors (Lipinski definition) is 1. The molecule has 1 aliphatic carbocycles. The van der Waals surface area contributed by atoms with Crippen molar-refractivity contribution in [3.05, 3.63) is 69.2 Å². The molecule has 0 unspecified atom stereocenters. The number of rotatable bonds is 6. The molecule has 4 nitrogen and oxygen atoms in total. The van der Waals surface area contributed by atoms with E-state index in [2.05, 4.69) is 21.2 Å². The number of nitrogens with zero attached hydrogens (tertiary/aromatic N) is 1. The second-order valence-corrected chi connectivity index (χ2v) is 8.00. The van der Waals surface area contributed by atoms with Gasteiger partial charge in [0.2, 0.25) is 0 Å². The van der Waals surface area contributed by atoms with Crippen LogP contribution in [0.2, 0.25) is 0 Å². The van der Waals surface area contributed by atoms with Crippen molar-refractivity contribution >= 4 is 27.9 Å². The summed E-state index contributed by atoms with van der Waals surface area (Å²) in [5, 5.41) is 12.5. The van der Waals surface area contributed by atoms with Gasteiger partial charge in [-0.3, -0.25) is 4.79 Å². The molecule has 28 heavy (non-hydrogen) atoms. The van der Waals surface area contributed by atoms with E-state index in [0.29, 0.717) is 17.9 Å². The maximum atomic E-state index is 12.5. The molecule has 1 aliphatic rings. The van der Waals surface area contributed by atoms with Crippen molar-refractivity contribution in [2.45, 2.75) is 45.3 Å². The predicted molar refractivity (Wildman–Crippen MR) is 114 cm³/mol. The highest BCUT2D eigenvalue weighted by Gasteiger charge is 2.19. The quantitative estimate of drug-likeness (QED) is 0.491. The Hall–Kier alpha value is -2.58. The highest BCUT2D eigenvalue weighted by Crippen LogP contribution is 2.27. The fraction of sp³-hybridized carbons (Fsp3) is 0.304. The lowest BCUT2D eigenvalue weighted by atomic mass is 10.1. The first kappa shape index (κ1) is 20.2. The van der Waals surface area contributed by atoms with Gasteiger partial charge in [-0.2, -0.15) is 5.26 Å². The Labute approximate surface area is 174 Å². The Morgan fingerprint density at radius 3 is 2.64 bits per heavy atom. The van der Waals surface area contributed by atoms with Gasteiger partial charge in [-0.05, 0) is 49.6 Å². The molecule has 0 spiro atoms. The molecule has 0 aromatic heterocycles. The Morgan fingerprint density at radius 1 is 1.25 bits per heavy atom. The summed E-state index contributed by atoms with van der Waals surface area (Å²) >= 11 is 3.45. The predicted octanol–water partition coefficient (Wildman–Crippen LogP) is 5.30. The van der Waals surface area contributed by atoms with Crippen LogP contribution in [0.5, 0.6) is 5.75 Å². The molecule has 2 aromatic rings. The third kappa shape index (κ3) is 5.46. The maximum Gasteiger partial charge on any atom is 0.262 e. The van der Waals surface area contributed by atoms with Gasteiger partial charge in [-0.25, -0.2) is 0 Å². The first-order valence-corrected chi connectivity index (χ1v) is 10.2. The molecule has 1 amide bonds. The Bertz CT molecular complexity index is 907. The fourth-order valence-corrected chi connectivity index (χ4v) is 3.63. The number of ether oxygens (including phenoxy) is 1. The molecule has 1 saturated carbocycles. The van der Waals surface area contributed by atoms with Crippen molar-refractivity contribution in [2.24, 2.45) is 0 Å². The van der Waals surface area contributed by atoms with Crippen LogP contribution < -0.4 is 10.1 Å². The molecule has 5 heteroatoms. The van der Waals surface area contributed by atoms with Crippen molar-refractivity contribution in [2.75, 3.05) is 0 Å². The lowest BCUT2D eigenvalue weighted by Crippen LogP contribution is -2.33. The molecule has 1 fully saturated rings. The molecule has 3 rings (SSSR count). The summed E-state index contributed by atoms with van der Waals surface area (Å²) in [6.45, 7) is 2.46. The summed E-state index contributed by atoms with van der Waals surface area (Å²) in [4.78, 5) is 12.5. The van der Waals surface area contributed by atoms with Crippen LogP contribution in [0.3, 0.4) is 0 Å². The van der Waals surface area contributed by atoms with Crippen molar-refractivity contribution in [1.29, 1.82) is 5.26 Å². The standard InChI is InChI=1S/C23H23BrN2O2/c1-16-6-8-17(9-7-16)15-28-22-11-10-20(24)13-18(22)12-19(14-25)23(27)26-21-4-2-3-5-21/h6-13,21H,2-5,15H2,1H3,(H,26,27)/b19-12-. The highest BCUT2D eigenvalue weighted by molar-refractivity contribution is 9.10. The molecular formula is C23H23BrN2O2. The zero-order valence-corrected chi connectivity index (χ0v) is 17.5. The zero-order chi connectivity index (χ0) is 19.9. The summed E-state index contributed by atoms with van der Waals surface area (Å²) in [5.74, 6) is 0.309. The number of aryl methyl sites for hydroxylation is 1. The molecular weight excluding hydrogens is 416 g/mol. The van der Waals surface area contributed by atoms with Crippen molar-refractivity contribution in [3.63, 3.8) is 0 Å². The summed E-state index contributed by atoms with van der Waals surface area (Å²) in [6.07, 6.45) is 5.80. The third-order valence-corrected chi connectivity index (χ3v) is 5.34. The Kier molecular flexibility index (Phi) is 6.89. The third-order valence-electron chi connectivity index (χ3n) is 4.84. The van der Waals surface area contributed by atoms with Crippen LogP contribution in [0.4, 0.5) is 0 Å². The van der Waals surface area contributed by atoms with Gasteiger partial charge in [-0.15, -0.1) is 0 Å². The SMILES string of the molecule is Cc1ccc(COc2ccc(Br)cc2/C=C(/C#N)C(=O)NC2CCCC2)cc1. The minimum absolute atomic E-state index is 0.0881. The molecule has 1 N–H and O–H groups in total. The van der Waals surface area contributed by atoms with Crippen LogP contribution in [-0.2, 0) is 11.4 Å². The maximum absolute atomic E-state index is 12.5. The molecule has 0 radical (unpaired) electrons. The van der Waals surface area contributed by atoms with Gasteiger partial charge in [-0.1, -0.05) is 58.6 Å². The molecule has 0 aliphatic heterocycles. The lowest BCUT2D eigenvalue weighted by Gasteiger charge is -2.13. The van der Waals surface area contributed by atoms with E-state index < -0.39 is 0 Å². The number of nitriles is 1. The molecule has 0 saturated heterocycles. The van der Waals surface area contributed by atoms with Gasteiger partial charge in [0.25, 0.3) is 5.91 Å². The monoisotopic (exact) mass is 438 g/mol. The molecule has 0 bridgehead atoms. The van der Waals surface area contributed by atoms with E-state index in [1.54, 1.807) is 6.08 Å². The van der Waals surface area contributed by atoms with Crippen molar-refractivity contribution < 1.29 is 9.53 Å². The van der Waals surface area contributed by atoms with Gasteiger partial charge < -0.3 is 10.1 Å². The van der Waals surface area contributed by atoms with E-state index in [0.717, 1.165) is 35.7 Å². The van der Waals surface area contributed by atoms with E-state index in [4.69, 9.17) is 4.74 Å². The fourth-order valence-electron chi connectivity index (χ4n) is 3.25. The second-order valence-electron chi connectivity index (χ2n) is 7.08. The number of benzene rings is 2. The molecule has 144 valence electrons. The number of carbonyl (C=O) groups is 1. The van der Waals surface area contributed by atoms with Gasteiger partial charge in [0.15, 0.2) is 0 Å². The number of halogens is 1. The van der Waals surface area contributed by atoms with E-state index in [1.807, 2.05) is 55.5 Å². The average molecular weight is 439 g/mol. The highest BCUT2D eigenvalue weighted by atomic mass is 79.9. The van der Waals surface area contributed by atoms with E-state index >= 15 is 0 Å². The van der Waals surface area contributed by atoms with Crippen molar-refractivity contribution in [3.8, 4) is 11.8 Å². The Morgan fingerprint density at radius 2 is 1.96 bits per heavy atom. The summed E-state index contributed by atoms with van der Waals surface area (Å²) in [7, 11) is 0. The van der Waals surface area contributed by atoms with Gasteiger partial charge in [0, 0.05) is 16.1 Å². The lowest BCUT2D eigenvalue weighted by molar-refractivity contribution is -0.117. The van der Waals surface area contributed by atoms with Gasteiger partial charge in [0.05, 0.1) is 0 Å². The van der Waals surface area contributed by atoms with Gasteiger partial charge >= 0.3 is 0 Å². The number of hydrogen-bond acceptors (Lipinski definition) is 3. The minimum atomic E-state index is -0.320. The molecule has 2 aromatic carbocycles. The van der Waals surface area contributed by atoms with E-state index in [-0.39, 0.29) is 17.5 Å². The molecule has 0 atom stereocenters. The van der Waals surface area contributed by atoms with Crippen LogP contribution in [0.15, 0.2) is 52.5 Å².